The molecule has 1 aliphatic rings. The maximum absolute atomic E-state index is 12.5. The molecule has 128 valence electrons. The number of hydrogen-bond donors (Lipinski definition) is 1. The standard InChI is InChI=1S/C17H20N2O3S2/c1-13-5-2-3-6-15(13)17(20)18-14-8-10-19(11-9-14)24(21,22)16-7-4-12-23-16/h2-7,12,14H,8-11H2,1H3,(H,18,20). The lowest BCUT2D eigenvalue weighted by molar-refractivity contribution is 0.0923. The van der Waals surface area contributed by atoms with Gasteiger partial charge in [-0.25, -0.2) is 8.42 Å². The van der Waals surface area contributed by atoms with Crippen LogP contribution in [-0.4, -0.2) is 37.8 Å². The SMILES string of the molecule is Cc1ccccc1C(=O)NC1CCN(S(=O)(=O)c2cccs2)CC1. The smallest absolute Gasteiger partial charge is 0.252 e. The molecule has 0 atom stereocenters. The topological polar surface area (TPSA) is 66.5 Å². The van der Waals surface area contributed by atoms with Crippen LogP contribution in [0, 0.1) is 6.92 Å². The van der Waals surface area contributed by atoms with E-state index >= 15 is 0 Å². The number of nitrogens with one attached hydrogen (secondary N) is 1. The zero-order valence-electron chi connectivity index (χ0n) is 13.4. The molecule has 5 nitrogen and oxygen atoms in total. The number of sulfonamides is 1. The van der Waals surface area contributed by atoms with Gasteiger partial charge in [-0.15, -0.1) is 11.3 Å². The van der Waals surface area contributed by atoms with Crippen molar-refractivity contribution in [3.63, 3.8) is 0 Å². The van der Waals surface area contributed by atoms with Gasteiger partial charge in [0, 0.05) is 24.7 Å². The monoisotopic (exact) mass is 364 g/mol. The highest BCUT2D eigenvalue weighted by molar-refractivity contribution is 7.91. The number of benzene rings is 1. The molecule has 3 rings (SSSR count). The van der Waals surface area contributed by atoms with E-state index in [0.717, 1.165) is 5.56 Å². The zero-order chi connectivity index (χ0) is 17.2. The number of nitrogens with zero attached hydrogens (tertiary/aromatic N) is 1. The predicted molar refractivity (Wildman–Crippen MR) is 94.7 cm³/mol. The van der Waals surface area contributed by atoms with E-state index in [1.165, 1.54) is 15.6 Å². The molecule has 0 aliphatic carbocycles. The second-order valence-electron chi connectivity index (χ2n) is 5.90. The van der Waals surface area contributed by atoms with Gasteiger partial charge >= 0.3 is 0 Å². The molecule has 2 aromatic rings. The van der Waals surface area contributed by atoms with E-state index in [2.05, 4.69) is 5.32 Å². The van der Waals surface area contributed by atoms with Crippen LogP contribution in [0.15, 0.2) is 46.0 Å². The van der Waals surface area contributed by atoms with Crippen LogP contribution in [0.3, 0.4) is 0 Å². The summed E-state index contributed by atoms with van der Waals surface area (Å²) in [5.74, 6) is -0.0901. The Balaban J connectivity index is 1.60. The molecule has 1 amide bonds. The maximum atomic E-state index is 12.5. The van der Waals surface area contributed by atoms with Crippen molar-refractivity contribution in [3.05, 3.63) is 52.9 Å². The lowest BCUT2D eigenvalue weighted by Gasteiger charge is -2.31. The molecule has 1 aromatic heterocycles. The molecule has 2 heterocycles. The number of thiophene rings is 1. The van der Waals surface area contributed by atoms with E-state index in [1.54, 1.807) is 23.6 Å². The largest absolute Gasteiger partial charge is 0.349 e. The van der Waals surface area contributed by atoms with Crippen molar-refractivity contribution < 1.29 is 13.2 Å². The average Bonchev–Trinajstić information content (AvgIpc) is 3.11. The van der Waals surface area contributed by atoms with E-state index in [1.807, 2.05) is 25.1 Å². The lowest BCUT2D eigenvalue weighted by atomic mass is 10.0. The normalized spacial score (nSPS) is 16.9. The van der Waals surface area contributed by atoms with Gasteiger partial charge in [0.25, 0.3) is 15.9 Å². The Kier molecular flexibility index (Phi) is 5.03. The molecule has 0 unspecified atom stereocenters. The summed E-state index contributed by atoms with van der Waals surface area (Å²) in [6.07, 6.45) is 1.25. The third-order valence-electron chi connectivity index (χ3n) is 4.27. The van der Waals surface area contributed by atoms with Crippen molar-refractivity contribution in [2.45, 2.75) is 30.0 Å². The van der Waals surface area contributed by atoms with Crippen LogP contribution in [0.25, 0.3) is 0 Å². The van der Waals surface area contributed by atoms with E-state index in [-0.39, 0.29) is 11.9 Å². The van der Waals surface area contributed by atoms with E-state index < -0.39 is 10.0 Å². The molecular weight excluding hydrogens is 344 g/mol. The first-order valence-electron chi connectivity index (χ1n) is 7.88. The minimum atomic E-state index is -3.39. The van der Waals surface area contributed by atoms with Crippen molar-refractivity contribution in [2.75, 3.05) is 13.1 Å². The second-order valence-corrected chi connectivity index (χ2v) is 9.01. The summed E-state index contributed by atoms with van der Waals surface area (Å²) in [5.41, 5.74) is 1.61. The Labute approximate surface area is 146 Å². The van der Waals surface area contributed by atoms with Crippen LogP contribution in [0.4, 0.5) is 0 Å². The van der Waals surface area contributed by atoms with Gasteiger partial charge in [-0.3, -0.25) is 4.79 Å². The van der Waals surface area contributed by atoms with Gasteiger partial charge < -0.3 is 5.32 Å². The molecule has 1 fully saturated rings. The fourth-order valence-electron chi connectivity index (χ4n) is 2.87. The van der Waals surface area contributed by atoms with Crippen LogP contribution in [-0.2, 0) is 10.0 Å². The molecule has 0 bridgehead atoms. The van der Waals surface area contributed by atoms with Gasteiger partial charge in [-0.1, -0.05) is 24.3 Å². The first-order chi connectivity index (χ1) is 11.5. The lowest BCUT2D eigenvalue weighted by Crippen LogP contribution is -2.46. The first-order valence-corrected chi connectivity index (χ1v) is 10.2. The van der Waals surface area contributed by atoms with Crippen molar-refractivity contribution in [1.29, 1.82) is 0 Å². The van der Waals surface area contributed by atoms with Crippen LogP contribution < -0.4 is 5.32 Å². The molecule has 1 aliphatic heterocycles. The minimum absolute atomic E-state index is 0.00638. The summed E-state index contributed by atoms with van der Waals surface area (Å²) in [5, 5.41) is 4.79. The van der Waals surface area contributed by atoms with Gasteiger partial charge in [0.1, 0.15) is 4.21 Å². The van der Waals surface area contributed by atoms with Gasteiger partial charge in [0.05, 0.1) is 0 Å². The highest BCUT2D eigenvalue weighted by Gasteiger charge is 2.30. The Morgan fingerprint density at radius 1 is 1.17 bits per heavy atom. The summed E-state index contributed by atoms with van der Waals surface area (Å²) >= 11 is 1.23. The van der Waals surface area contributed by atoms with Gasteiger partial charge in [-0.2, -0.15) is 4.31 Å². The van der Waals surface area contributed by atoms with Crippen LogP contribution >= 0.6 is 11.3 Å². The highest BCUT2D eigenvalue weighted by atomic mass is 32.2. The molecule has 1 saturated heterocycles. The molecule has 0 spiro atoms. The van der Waals surface area contributed by atoms with E-state index in [4.69, 9.17) is 0 Å². The average molecular weight is 364 g/mol. The number of hydrogen-bond acceptors (Lipinski definition) is 4. The van der Waals surface area contributed by atoms with Crippen molar-refractivity contribution in [2.24, 2.45) is 0 Å². The van der Waals surface area contributed by atoms with Crippen molar-refractivity contribution >= 4 is 27.3 Å². The fourth-order valence-corrected chi connectivity index (χ4v) is 5.48. The quantitative estimate of drug-likeness (QED) is 0.907. The number of amides is 1. The van der Waals surface area contributed by atoms with Gasteiger partial charge in [0.2, 0.25) is 0 Å². The number of carbonyl (C=O) groups excluding carboxylic acids is 1. The Morgan fingerprint density at radius 3 is 2.50 bits per heavy atom. The third kappa shape index (κ3) is 3.53. The number of aryl methyl sites for hydroxylation is 1. The minimum Gasteiger partial charge on any atom is -0.349 e. The van der Waals surface area contributed by atoms with E-state index in [0.29, 0.717) is 35.7 Å². The molecular formula is C17H20N2O3S2. The Bertz CT molecular complexity index is 808. The molecule has 0 radical (unpaired) electrons. The Hall–Kier alpha value is -1.70. The summed E-state index contributed by atoms with van der Waals surface area (Å²) in [7, 11) is -3.39. The first kappa shape index (κ1) is 17.1. The van der Waals surface area contributed by atoms with Crippen molar-refractivity contribution in [3.8, 4) is 0 Å². The van der Waals surface area contributed by atoms with Gasteiger partial charge in [-0.05, 0) is 42.8 Å². The molecule has 7 heteroatoms. The third-order valence-corrected chi connectivity index (χ3v) is 7.54. The summed E-state index contributed by atoms with van der Waals surface area (Å²) in [4.78, 5) is 12.4. The molecule has 0 saturated carbocycles. The zero-order valence-corrected chi connectivity index (χ0v) is 15.1. The van der Waals surface area contributed by atoms with Gasteiger partial charge in [0.15, 0.2) is 0 Å². The summed E-state index contributed by atoms with van der Waals surface area (Å²) in [6.45, 7) is 2.77. The van der Waals surface area contributed by atoms with E-state index in [9.17, 15) is 13.2 Å². The summed E-state index contributed by atoms with van der Waals surface area (Å²) in [6, 6.07) is 10.8. The maximum Gasteiger partial charge on any atom is 0.252 e. The van der Waals surface area contributed by atoms with Crippen LogP contribution in [0.1, 0.15) is 28.8 Å². The van der Waals surface area contributed by atoms with Crippen LogP contribution in [0.2, 0.25) is 0 Å². The Morgan fingerprint density at radius 2 is 1.88 bits per heavy atom. The highest BCUT2D eigenvalue weighted by Crippen LogP contribution is 2.24. The van der Waals surface area contributed by atoms with Crippen molar-refractivity contribution in [1.82, 2.24) is 9.62 Å². The molecule has 24 heavy (non-hydrogen) atoms. The summed E-state index contributed by atoms with van der Waals surface area (Å²) < 4.78 is 26.9. The predicted octanol–water partition coefficient (Wildman–Crippen LogP) is 2.64. The fraction of sp³-hybridized carbons (Fsp3) is 0.353. The number of carbonyl (C=O) groups is 1. The van der Waals surface area contributed by atoms with Crippen LogP contribution in [0.5, 0.6) is 0 Å². The second kappa shape index (κ2) is 7.04. The number of piperidine rings is 1. The molecule has 1 N–H and O–H groups in total. The number of rotatable bonds is 4. The molecule has 1 aromatic carbocycles.